The van der Waals surface area contributed by atoms with Gasteiger partial charge in [0.1, 0.15) is 11.0 Å². The molecule has 0 saturated carbocycles. The van der Waals surface area contributed by atoms with E-state index in [9.17, 15) is 9.59 Å². The van der Waals surface area contributed by atoms with E-state index < -0.39 is 5.25 Å². The third-order valence-electron chi connectivity index (χ3n) is 5.33. The van der Waals surface area contributed by atoms with Crippen molar-refractivity contribution in [1.29, 1.82) is 0 Å². The van der Waals surface area contributed by atoms with Crippen LogP contribution in [0, 0.1) is 0 Å². The molecule has 0 saturated heterocycles. The lowest BCUT2D eigenvalue weighted by Gasteiger charge is -2.17. The summed E-state index contributed by atoms with van der Waals surface area (Å²) >= 11 is 4.22. The van der Waals surface area contributed by atoms with Crippen molar-refractivity contribution in [2.75, 3.05) is 17.2 Å². The van der Waals surface area contributed by atoms with Gasteiger partial charge in [-0.3, -0.25) is 9.59 Å². The molecule has 2 aromatic heterocycles. The molecule has 0 bridgehead atoms. The molecule has 5 rings (SSSR count). The van der Waals surface area contributed by atoms with Crippen molar-refractivity contribution < 1.29 is 14.3 Å². The molecule has 0 spiro atoms. The molecule has 0 aliphatic heterocycles. The van der Waals surface area contributed by atoms with Gasteiger partial charge in [0.05, 0.1) is 21.7 Å². The predicted molar refractivity (Wildman–Crippen MR) is 153 cm³/mol. The van der Waals surface area contributed by atoms with Crippen LogP contribution in [0.3, 0.4) is 0 Å². The average molecular weight is 546 g/mol. The number of nitrogens with one attached hydrogen (secondary N) is 2. The predicted octanol–water partition coefficient (Wildman–Crippen LogP) is 7.48. The minimum atomic E-state index is -0.518. The van der Waals surface area contributed by atoms with Crippen molar-refractivity contribution in [1.82, 2.24) is 4.98 Å². The highest BCUT2D eigenvalue weighted by atomic mass is 32.2. The molecular formula is C28H23N3O3S3. The van der Waals surface area contributed by atoms with Gasteiger partial charge in [-0.05, 0) is 60.3 Å². The van der Waals surface area contributed by atoms with Crippen LogP contribution in [0.15, 0.2) is 95.2 Å². The summed E-state index contributed by atoms with van der Waals surface area (Å²) in [5, 5.41) is 7.82. The molecule has 186 valence electrons. The van der Waals surface area contributed by atoms with Gasteiger partial charge in [-0.25, -0.2) is 4.98 Å². The van der Waals surface area contributed by atoms with Crippen LogP contribution in [0.2, 0.25) is 0 Å². The zero-order chi connectivity index (χ0) is 25.6. The van der Waals surface area contributed by atoms with Crippen molar-refractivity contribution in [3.63, 3.8) is 0 Å². The Morgan fingerprint density at radius 3 is 2.62 bits per heavy atom. The molecule has 0 fully saturated rings. The fourth-order valence-electron chi connectivity index (χ4n) is 3.67. The third-order valence-corrected chi connectivity index (χ3v) is 8.38. The summed E-state index contributed by atoms with van der Waals surface area (Å²) in [5.41, 5.74) is 2.35. The second kappa shape index (κ2) is 11.6. The lowest BCUT2D eigenvalue weighted by molar-refractivity contribution is -0.115. The highest BCUT2D eigenvalue weighted by molar-refractivity contribution is 8.00. The summed E-state index contributed by atoms with van der Waals surface area (Å²) in [5.74, 6) is 0.450. The van der Waals surface area contributed by atoms with Crippen LogP contribution in [-0.4, -0.2) is 23.4 Å². The van der Waals surface area contributed by atoms with Gasteiger partial charge in [-0.1, -0.05) is 53.8 Å². The minimum absolute atomic E-state index is 0.155. The van der Waals surface area contributed by atoms with Crippen molar-refractivity contribution >= 4 is 67.3 Å². The van der Waals surface area contributed by atoms with E-state index in [2.05, 4.69) is 15.6 Å². The van der Waals surface area contributed by atoms with E-state index in [-0.39, 0.29) is 11.8 Å². The van der Waals surface area contributed by atoms with Crippen LogP contribution < -0.4 is 15.4 Å². The Morgan fingerprint density at radius 2 is 1.84 bits per heavy atom. The molecule has 5 aromatic rings. The van der Waals surface area contributed by atoms with E-state index >= 15 is 0 Å². The number of anilines is 2. The van der Waals surface area contributed by atoms with E-state index in [1.165, 1.54) is 34.4 Å². The van der Waals surface area contributed by atoms with Gasteiger partial charge in [-0.15, -0.1) is 23.1 Å². The van der Waals surface area contributed by atoms with Gasteiger partial charge < -0.3 is 15.4 Å². The van der Waals surface area contributed by atoms with Crippen LogP contribution in [0.1, 0.15) is 27.4 Å². The summed E-state index contributed by atoms with van der Waals surface area (Å²) in [6.45, 7) is 2.53. The van der Waals surface area contributed by atoms with Crippen molar-refractivity contribution in [3.8, 4) is 5.75 Å². The first-order valence-electron chi connectivity index (χ1n) is 11.6. The number of fused-ring (bicyclic) bond motifs is 1. The number of thiophene rings is 1. The van der Waals surface area contributed by atoms with Gasteiger partial charge in [0.25, 0.3) is 5.91 Å². The zero-order valence-corrected chi connectivity index (χ0v) is 22.3. The number of aromatic nitrogens is 1. The van der Waals surface area contributed by atoms with Gasteiger partial charge in [0.2, 0.25) is 5.91 Å². The van der Waals surface area contributed by atoms with Crippen LogP contribution in [-0.2, 0) is 4.79 Å². The van der Waals surface area contributed by atoms with E-state index in [1.807, 2.05) is 91.2 Å². The third kappa shape index (κ3) is 6.19. The fourth-order valence-corrected chi connectivity index (χ4v) is 6.27. The van der Waals surface area contributed by atoms with Crippen molar-refractivity contribution in [2.45, 2.75) is 17.1 Å². The highest BCUT2D eigenvalue weighted by Crippen LogP contribution is 2.38. The SMILES string of the molecule is CCOc1ccc2nc(NC(=O)C(Sc3cccc(NC(=O)c4cccs4)c3)c3ccccc3)sc2c1. The fraction of sp³-hybridized carbons (Fsp3) is 0.107. The number of carbonyl (C=O) groups is 2. The maximum atomic E-state index is 13.5. The number of amides is 2. The maximum absolute atomic E-state index is 13.5. The molecule has 1 unspecified atom stereocenters. The Kier molecular flexibility index (Phi) is 7.84. The molecule has 2 N–H and O–H groups in total. The minimum Gasteiger partial charge on any atom is -0.494 e. The molecule has 2 heterocycles. The summed E-state index contributed by atoms with van der Waals surface area (Å²) < 4.78 is 6.53. The monoisotopic (exact) mass is 545 g/mol. The number of hydrogen-bond donors (Lipinski definition) is 2. The normalized spacial score (nSPS) is 11.7. The first-order chi connectivity index (χ1) is 18.1. The largest absolute Gasteiger partial charge is 0.494 e. The number of rotatable bonds is 9. The Balaban J connectivity index is 1.36. The van der Waals surface area contributed by atoms with Gasteiger partial charge in [0, 0.05) is 10.6 Å². The standard InChI is InChI=1S/C28H23N3O3S3/c1-2-34-20-13-14-22-24(17-20)37-28(30-22)31-27(33)25(18-8-4-3-5-9-18)36-21-11-6-10-19(16-21)29-26(32)23-12-7-15-35-23/h3-17,25H,2H2,1H3,(H,29,32)(H,30,31,33). The summed E-state index contributed by atoms with van der Waals surface area (Å²) in [6, 6.07) is 26.5. The molecule has 37 heavy (non-hydrogen) atoms. The highest BCUT2D eigenvalue weighted by Gasteiger charge is 2.23. The van der Waals surface area contributed by atoms with Gasteiger partial charge >= 0.3 is 0 Å². The lowest BCUT2D eigenvalue weighted by atomic mass is 10.1. The molecule has 2 amide bonds. The number of hydrogen-bond acceptors (Lipinski definition) is 7. The van der Waals surface area contributed by atoms with E-state index in [1.54, 1.807) is 6.07 Å². The average Bonchev–Trinajstić information content (AvgIpc) is 3.58. The van der Waals surface area contributed by atoms with Crippen LogP contribution in [0.25, 0.3) is 10.2 Å². The summed E-state index contributed by atoms with van der Waals surface area (Å²) in [4.78, 5) is 32.1. The number of thiazole rings is 1. The van der Waals surface area contributed by atoms with E-state index in [0.717, 1.165) is 26.4 Å². The number of nitrogens with zero attached hydrogens (tertiary/aromatic N) is 1. The van der Waals surface area contributed by atoms with Crippen LogP contribution in [0.4, 0.5) is 10.8 Å². The number of carbonyl (C=O) groups excluding carboxylic acids is 2. The molecule has 0 aliphatic rings. The first kappa shape index (κ1) is 25.0. The lowest BCUT2D eigenvalue weighted by Crippen LogP contribution is -2.19. The van der Waals surface area contributed by atoms with Crippen LogP contribution >= 0.6 is 34.4 Å². The summed E-state index contributed by atoms with van der Waals surface area (Å²) in [7, 11) is 0. The van der Waals surface area contributed by atoms with Gasteiger partial charge in [0.15, 0.2) is 5.13 Å². The molecule has 3 aromatic carbocycles. The smallest absolute Gasteiger partial charge is 0.265 e. The Bertz CT molecular complexity index is 1520. The number of thioether (sulfide) groups is 1. The van der Waals surface area contributed by atoms with Crippen molar-refractivity contribution in [2.24, 2.45) is 0 Å². The Hall–Kier alpha value is -3.66. The first-order valence-corrected chi connectivity index (χ1v) is 14.2. The molecule has 0 aliphatic carbocycles. The molecule has 1 atom stereocenters. The molecular weight excluding hydrogens is 523 g/mol. The number of benzene rings is 3. The Morgan fingerprint density at radius 1 is 0.973 bits per heavy atom. The van der Waals surface area contributed by atoms with Crippen molar-refractivity contribution in [3.05, 3.63) is 101 Å². The second-order valence-electron chi connectivity index (χ2n) is 7.94. The van der Waals surface area contributed by atoms with E-state index in [0.29, 0.717) is 22.3 Å². The number of ether oxygens (including phenoxy) is 1. The zero-order valence-electron chi connectivity index (χ0n) is 19.8. The summed E-state index contributed by atoms with van der Waals surface area (Å²) in [6.07, 6.45) is 0. The topological polar surface area (TPSA) is 80.3 Å². The molecule has 0 radical (unpaired) electrons. The maximum Gasteiger partial charge on any atom is 0.265 e. The van der Waals surface area contributed by atoms with Gasteiger partial charge in [-0.2, -0.15) is 0 Å². The Labute approximate surface area is 226 Å². The second-order valence-corrected chi connectivity index (χ2v) is 11.1. The molecule has 6 nitrogen and oxygen atoms in total. The molecule has 9 heteroatoms. The van der Waals surface area contributed by atoms with Crippen LogP contribution in [0.5, 0.6) is 5.75 Å². The quantitative estimate of drug-likeness (QED) is 0.188. The van der Waals surface area contributed by atoms with E-state index in [4.69, 9.17) is 4.74 Å².